The molecule has 0 radical (unpaired) electrons. The Labute approximate surface area is 180 Å². The fourth-order valence-corrected chi connectivity index (χ4v) is 4.10. The van der Waals surface area contributed by atoms with Crippen molar-refractivity contribution >= 4 is 6.09 Å². The summed E-state index contributed by atoms with van der Waals surface area (Å²) < 4.78 is 19.1. The Bertz CT molecular complexity index is 1050. The number of nitrogens with one attached hydrogen (secondary N) is 1. The molecule has 1 aliphatic rings. The maximum Gasteiger partial charge on any atom is 0.407 e. The zero-order valence-electron chi connectivity index (χ0n) is 17.1. The first-order valence-electron chi connectivity index (χ1n) is 10.2. The Morgan fingerprint density at radius 3 is 2.26 bits per heavy atom. The van der Waals surface area contributed by atoms with Gasteiger partial charge in [-0.25, -0.2) is 9.18 Å². The second-order valence-electron chi connectivity index (χ2n) is 7.67. The summed E-state index contributed by atoms with van der Waals surface area (Å²) >= 11 is 0. The zero-order valence-corrected chi connectivity index (χ0v) is 17.1. The summed E-state index contributed by atoms with van der Waals surface area (Å²) in [5, 5.41) is 23.0. The summed E-state index contributed by atoms with van der Waals surface area (Å²) in [5.41, 5.74) is 5.02. The topological polar surface area (TPSA) is 78.8 Å². The van der Waals surface area contributed by atoms with Gasteiger partial charge in [-0.3, -0.25) is 0 Å². The van der Waals surface area contributed by atoms with Crippen LogP contribution in [0, 0.1) is 12.7 Å². The van der Waals surface area contributed by atoms with E-state index in [1.165, 1.54) is 19.1 Å². The Kier molecular flexibility index (Phi) is 6.02. The van der Waals surface area contributed by atoms with E-state index >= 15 is 0 Å². The summed E-state index contributed by atoms with van der Waals surface area (Å²) in [7, 11) is 0. The molecule has 4 rings (SSSR count). The van der Waals surface area contributed by atoms with Crippen molar-refractivity contribution in [1.82, 2.24) is 5.32 Å². The molecule has 0 fully saturated rings. The molecule has 3 aromatic rings. The number of alkyl carbamates (subject to hydrolysis) is 1. The molecule has 3 N–H and O–H groups in total. The van der Waals surface area contributed by atoms with Crippen molar-refractivity contribution in [1.29, 1.82) is 0 Å². The number of ether oxygens (including phenoxy) is 1. The van der Waals surface area contributed by atoms with E-state index in [9.17, 15) is 19.4 Å². The van der Waals surface area contributed by atoms with E-state index in [2.05, 4.69) is 17.4 Å². The minimum Gasteiger partial charge on any atom is -0.449 e. The smallest absolute Gasteiger partial charge is 0.407 e. The Balaban J connectivity index is 1.35. The molecule has 2 atom stereocenters. The van der Waals surface area contributed by atoms with Crippen molar-refractivity contribution in [2.45, 2.75) is 25.0 Å². The highest BCUT2D eigenvalue weighted by atomic mass is 19.1. The van der Waals surface area contributed by atoms with Gasteiger partial charge in [-0.15, -0.1) is 0 Å². The number of carbonyl (C=O) groups excluding carboxylic acids is 1. The van der Waals surface area contributed by atoms with Gasteiger partial charge in [0, 0.05) is 12.5 Å². The van der Waals surface area contributed by atoms with Gasteiger partial charge in [0.15, 0.2) is 0 Å². The number of amides is 1. The highest BCUT2D eigenvalue weighted by Crippen LogP contribution is 2.44. The van der Waals surface area contributed by atoms with Gasteiger partial charge in [0.05, 0.1) is 0 Å². The van der Waals surface area contributed by atoms with Crippen molar-refractivity contribution in [3.05, 3.63) is 94.8 Å². The third-order valence-electron chi connectivity index (χ3n) is 5.79. The predicted molar refractivity (Wildman–Crippen MR) is 115 cm³/mol. The van der Waals surface area contributed by atoms with E-state index in [0.717, 1.165) is 22.3 Å². The van der Waals surface area contributed by atoms with E-state index in [-0.39, 0.29) is 30.2 Å². The average Bonchev–Trinajstić information content (AvgIpc) is 3.11. The lowest BCUT2D eigenvalue weighted by molar-refractivity contribution is 0.0180. The highest BCUT2D eigenvalue weighted by molar-refractivity contribution is 5.79. The van der Waals surface area contributed by atoms with Crippen LogP contribution in [0.2, 0.25) is 0 Å². The molecule has 6 heteroatoms. The van der Waals surface area contributed by atoms with Gasteiger partial charge < -0.3 is 20.3 Å². The van der Waals surface area contributed by atoms with Gasteiger partial charge >= 0.3 is 6.09 Å². The Morgan fingerprint density at radius 2 is 1.61 bits per heavy atom. The molecule has 1 aliphatic carbocycles. The van der Waals surface area contributed by atoms with Crippen LogP contribution < -0.4 is 5.32 Å². The van der Waals surface area contributed by atoms with E-state index in [0.29, 0.717) is 0 Å². The molecular weight excluding hydrogens is 397 g/mol. The molecule has 5 nitrogen and oxygen atoms in total. The largest absolute Gasteiger partial charge is 0.449 e. The van der Waals surface area contributed by atoms with Crippen LogP contribution >= 0.6 is 0 Å². The molecule has 0 bridgehead atoms. The van der Waals surface area contributed by atoms with Crippen LogP contribution in [0.5, 0.6) is 0 Å². The molecule has 160 valence electrons. The van der Waals surface area contributed by atoms with Gasteiger partial charge in [-0.05, 0) is 46.4 Å². The number of aliphatic hydroxyl groups excluding tert-OH is 2. The van der Waals surface area contributed by atoms with Crippen LogP contribution in [-0.2, 0) is 4.74 Å². The number of hydrogen-bond acceptors (Lipinski definition) is 4. The first-order chi connectivity index (χ1) is 15.0. The average molecular weight is 421 g/mol. The predicted octanol–water partition coefficient (Wildman–Crippen LogP) is 4.07. The molecule has 0 aromatic heterocycles. The van der Waals surface area contributed by atoms with Crippen LogP contribution in [0.25, 0.3) is 11.1 Å². The lowest BCUT2D eigenvalue weighted by Gasteiger charge is -2.21. The first kappa shape index (κ1) is 21.0. The van der Waals surface area contributed by atoms with Gasteiger partial charge in [0.1, 0.15) is 24.6 Å². The molecule has 0 spiro atoms. The van der Waals surface area contributed by atoms with Crippen molar-refractivity contribution in [3.63, 3.8) is 0 Å². The summed E-state index contributed by atoms with van der Waals surface area (Å²) in [6, 6.07) is 20.4. The zero-order chi connectivity index (χ0) is 22.0. The lowest BCUT2D eigenvalue weighted by Crippen LogP contribution is -2.36. The van der Waals surface area contributed by atoms with Crippen LogP contribution in [0.3, 0.4) is 0 Å². The third kappa shape index (κ3) is 4.17. The van der Waals surface area contributed by atoms with Crippen molar-refractivity contribution in [2.75, 3.05) is 13.2 Å². The molecule has 0 saturated heterocycles. The molecule has 0 aliphatic heterocycles. The molecule has 1 amide bonds. The summed E-state index contributed by atoms with van der Waals surface area (Å²) in [6.45, 7) is 1.45. The maximum absolute atomic E-state index is 13.7. The van der Waals surface area contributed by atoms with E-state index in [1.54, 1.807) is 6.07 Å². The highest BCUT2D eigenvalue weighted by Gasteiger charge is 2.29. The molecular formula is C25H24FNO4. The van der Waals surface area contributed by atoms with Gasteiger partial charge in [-0.2, -0.15) is 0 Å². The number of hydrogen-bond donors (Lipinski definition) is 3. The molecule has 2 unspecified atom stereocenters. The molecule has 0 saturated carbocycles. The quantitative estimate of drug-likeness (QED) is 0.561. The number of fused-ring (bicyclic) bond motifs is 3. The van der Waals surface area contributed by atoms with Crippen LogP contribution in [-0.4, -0.2) is 35.6 Å². The van der Waals surface area contributed by atoms with Crippen molar-refractivity contribution < 1.29 is 24.1 Å². The normalized spacial score (nSPS) is 14.5. The number of halogens is 1. The number of benzene rings is 3. The van der Waals surface area contributed by atoms with Crippen LogP contribution in [0.1, 0.15) is 34.3 Å². The van der Waals surface area contributed by atoms with Crippen molar-refractivity contribution in [3.8, 4) is 11.1 Å². The Morgan fingerprint density at radius 1 is 1.00 bits per heavy atom. The summed E-state index contributed by atoms with van der Waals surface area (Å²) in [6.07, 6.45) is -3.32. The fourth-order valence-electron chi connectivity index (χ4n) is 4.10. The number of aliphatic hydroxyl groups is 2. The van der Waals surface area contributed by atoms with Crippen LogP contribution in [0.4, 0.5) is 9.18 Å². The third-order valence-corrected chi connectivity index (χ3v) is 5.79. The monoisotopic (exact) mass is 421 g/mol. The summed E-state index contributed by atoms with van der Waals surface area (Å²) in [4.78, 5) is 12.2. The minimum atomic E-state index is -1.33. The van der Waals surface area contributed by atoms with E-state index < -0.39 is 24.1 Å². The van der Waals surface area contributed by atoms with Crippen LogP contribution in [0.15, 0.2) is 66.7 Å². The van der Waals surface area contributed by atoms with E-state index in [4.69, 9.17) is 4.74 Å². The number of rotatable bonds is 6. The van der Waals surface area contributed by atoms with Gasteiger partial charge in [-0.1, -0.05) is 60.7 Å². The first-order valence-corrected chi connectivity index (χ1v) is 10.2. The summed E-state index contributed by atoms with van der Waals surface area (Å²) in [5.74, 6) is -0.531. The standard InChI is InChI=1S/C25H24FNO4/c1-15-16(11-6-12-22(15)26)24(29)23(28)13-27-25(30)31-14-21-19-9-4-2-7-17(19)18-8-3-5-10-20(18)21/h2-12,21,23-24,28-29H,13-14H2,1H3,(H,27,30). The second kappa shape index (κ2) is 8.88. The van der Waals surface area contributed by atoms with E-state index in [1.807, 2.05) is 36.4 Å². The fraction of sp³-hybridized carbons (Fsp3) is 0.240. The second-order valence-corrected chi connectivity index (χ2v) is 7.67. The lowest BCUT2D eigenvalue weighted by atomic mass is 9.98. The molecule has 3 aromatic carbocycles. The maximum atomic E-state index is 13.7. The van der Waals surface area contributed by atoms with Gasteiger partial charge in [0.2, 0.25) is 0 Å². The van der Waals surface area contributed by atoms with Gasteiger partial charge in [0.25, 0.3) is 0 Å². The SMILES string of the molecule is Cc1c(F)cccc1C(O)C(O)CNC(=O)OCC1c2ccccc2-c2ccccc21. The van der Waals surface area contributed by atoms with Crippen molar-refractivity contribution in [2.24, 2.45) is 0 Å². The molecule has 31 heavy (non-hydrogen) atoms. The number of carbonyl (C=O) groups is 1. The minimum absolute atomic E-state index is 0.0661. The Hall–Kier alpha value is -3.22. The molecule has 0 heterocycles.